The molecule has 0 spiro atoms. The number of ether oxygens (including phenoxy) is 1. The molecule has 1 amide bonds. The number of hydrogen-bond donors (Lipinski definition) is 1. The Morgan fingerprint density at radius 2 is 1.85 bits per heavy atom. The van der Waals surface area contributed by atoms with E-state index in [2.05, 4.69) is 17.2 Å². The van der Waals surface area contributed by atoms with Crippen molar-refractivity contribution in [1.29, 1.82) is 0 Å². The van der Waals surface area contributed by atoms with E-state index in [-0.39, 0.29) is 5.91 Å². The van der Waals surface area contributed by atoms with Gasteiger partial charge in [0.25, 0.3) is 5.91 Å². The molecule has 0 aliphatic rings. The quantitative estimate of drug-likeness (QED) is 0.614. The number of nitrogens with zero attached hydrogens (tertiary/aromatic N) is 1. The maximum atomic E-state index is 12.6. The van der Waals surface area contributed by atoms with Crippen LogP contribution in [0.5, 0.6) is 11.5 Å². The van der Waals surface area contributed by atoms with Crippen LogP contribution in [0, 0.1) is 13.8 Å². The van der Waals surface area contributed by atoms with Gasteiger partial charge in [0.2, 0.25) is 0 Å². The Morgan fingerprint density at radius 1 is 1.04 bits per heavy atom. The zero-order valence-corrected chi connectivity index (χ0v) is 16.0. The van der Waals surface area contributed by atoms with Crippen LogP contribution in [-0.2, 0) is 6.42 Å². The largest absolute Gasteiger partial charge is 0.457 e. The molecule has 2 aromatic carbocycles. The molecule has 27 heavy (non-hydrogen) atoms. The summed E-state index contributed by atoms with van der Waals surface area (Å²) < 4.78 is 5.94. The van der Waals surface area contributed by atoms with Crippen LogP contribution in [0.2, 0.25) is 0 Å². The van der Waals surface area contributed by atoms with E-state index in [4.69, 9.17) is 4.74 Å². The third-order valence-electron chi connectivity index (χ3n) is 4.31. The predicted molar refractivity (Wildman–Crippen MR) is 109 cm³/mol. The van der Waals surface area contributed by atoms with Crippen molar-refractivity contribution >= 4 is 11.6 Å². The first-order valence-electron chi connectivity index (χ1n) is 9.18. The summed E-state index contributed by atoms with van der Waals surface area (Å²) in [6.45, 7) is 5.98. The van der Waals surface area contributed by atoms with Crippen molar-refractivity contribution in [3.63, 3.8) is 0 Å². The van der Waals surface area contributed by atoms with Crippen molar-refractivity contribution in [3.05, 3.63) is 83.2 Å². The molecule has 0 radical (unpaired) electrons. The number of aryl methyl sites for hydroxylation is 3. The van der Waals surface area contributed by atoms with E-state index in [1.165, 1.54) is 0 Å². The number of nitrogens with one attached hydrogen (secondary N) is 1. The van der Waals surface area contributed by atoms with Gasteiger partial charge in [-0.3, -0.25) is 9.78 Å². The molecule has 0 saturated heterocycles. The zero-order valence-electron chi connectivity index (χ0n) is 16.0. The number of benzene rings is 2. The molecule has 138 valence electrons. The second-order valence-electron chi connectivity index (χ2n) is 6.54. The molecule has 0 unspecified atom stereocenters. The lowest BCUT2D eigenvalue weighted by Crippen LogP contribution is -2.14. The molecule has 4 nitrogen and oxygen atoms in total. The lowest BCUT2D eigenvalue weighted by molar-refractivity contribution is 0.102. The van der Waals surface area contributed by atoms with Gasteiger partial charge in [0, 0.05) is 17.4 Å². The number of pyridine rings is 1. The first-order valence-corrected chi connectivity index (χ1v) is 9.18. The fraction of sp³-hybridized carbons (Fsp3) is 0.217. The first kappa shape index (κ1) is 18.6. The summed E-state index contributed by atoms with van der Waals surface area (Å²) in [4.78, 5) is 17.2. The number of carbonyl (C=O) groups is 1. The molecular formula is C23H24N2O2. The molecule has 1 aromatic heterocycles. The van der Waals surface area contributed by atoms with E-state index < -0.39 is 0 Å². The Kier molecular flexibility index (Phi) is 5.87. The van der Waals surface area contributed by atoms with E-state index in [1.54, 1.807) is 0 Å². The second kappa shape index (κ2) is 8.49. The van der Waals surface area contributed by atoms with Crippen LogP contribution in [-0.4, -0.2) is 10.9 Å². The summed E-state index contributed by atoms with van der Waals surface area (Å²) >= 11 is 0. The Hall–Kier alpha value is -3.14. The molecule has 4 heteroatoms. The highest BCUT2D eigenvalue weighted by atomic mass is 16.5. The molecule has 3 rings (SSSR count). The lowest BCUT2D eigenvalue weighted by Gasteiger charge is -2.11. The minimum absolute atomic E-state index is 0.170. The van der Waals surface area contributed by atoms with Gasteiger partial charge in [-0.15, -0.1) is 0 Å². The molecule has 0 aliphatic carbocycles. The molecule has 0 aliphatic heterocycles. The van der Waals surface area contributed by atoms with E-state index in [1.807, 2.05) is 74.5 Å². The highest BCUT2D eigenvalue weighted by Crippen LogP contribution is 2.26. The number of rotatable bonds is 6. The van der Waals surface area contributed by atoms with Crippen LogP contribution in [0.4, 0.5) is 5.69 Å². The minimum Gasteiger partial charge on any atom is -0.457 e. The standard InChI is InChI=1S/C23H24N2O2/c1-4-8-18-13-14-21(17(3)24-18)23(26)25-19-10-7-11-20(15-19)27-22-12-6-5-9-16(22)2/h5-7,9-15H,4,8H2,1-3H3,(H,25,26). The van der Waals surface area contributed by atoms with Gasteiger partial charge in [-0.1, -0.05) is 37.6 Å². The molecule has 0 atom stereocenters. The SMILES string of the molecule is CCCc1ccc(C(=O)Nc2cccc(Oc3ccccc3C)c2)c(C)n1. The number of anilines is 1. The van der Waals surface area contributed by atoms with Crippen molar-refractivity contribution in [3.8, 4) is 11.5 Å². The van der Waals surface area contributed by atoms with Crippen molar-refractivity contribution in [2.24, 2.45) is 0 Å². The van der Waals surface area contributed by atoms with Gasteiger partial charge in [0.05, 0.1) is 11.3 Å². The second-order valence-corrected chi connectivity index (χ2v) is 6.54. The Labute approximate surface area is 160 Å². The van der Waals surface area contributed by atoms with Crippen LogP contribution >= 0.6 is 0 Å². The van der Waals surface area contributed by atoms with E-state index in [0.717, 1.165) is 35.5 Å². The van der Waals surface area contributed by atoms with Crippen LogP contribution in [0.3, 0.4) is 0 Å². The summed E-state index contributed by atoms with van der Waals surface area (Å²) in [6.07, 6.45) is 1.95. The number of aromatic nitrogens is 1. The van der Waals surface area contributed by atoms with Gasteiger partial charge in [0.15, 0.2) is 0 Å². The predicted octanol–water partition coefficient (Wildman–Crippen LogP) is 5.70. The maximum absolute atomic E-state index is 12.6. The zero-order chi connectivity index (χ0) is 19.2. The average molecular weight is 360 g/mol. The number of hydrogen-bond acceptors (Lipinski definition) is 3. The Bertz CT molecular complexity index is 951. The van der Waals surface area contributed by atoms with E-state index in [0.29, 0.717) is 17.0 Å². The molecule has 3 aromatic rings. The van der Waals surface area contributed by atoms with Gasteiger partial charge < -0.3 is 10.1 Å². The maximum Gasteiger partial charge on any atom is 0.257 e. The van der Waals surface area contributed by atoms with Crippen LogP contribution < -0.4 is 10.1 Å². The third-order valence-corrected chi connectivity index (χ3v) is 4.31. The van der Waals surface area contributed by atoms with Gasteiger partial charge >= 0.3 is 0 Å². The third kappa shape index (κ3) is 4.73. The fourth-order valence-electron chi connectivity index (χ4n) is 2.88. The van der Waals surface area contributed by atoms with E-state index in [9.17, 15) is 4.79 Å². The molecular weight excluding hydrogens is 336 g/mol. The summed E-state index contributed by atoms with van der Waals surface area (Å²) in [7, 11) is 0. The molecule has 0 fully saturated rings. The van der Waals surface area contributed by atoms with E-state index >= 15 is 0 Å². The molecule has 1 N–H and O–H groups in total. The smallest absolute Gasteiger partial charge is 0.257 e. The number of amides is 1. The Morgan fingerprint density at radius 3 is 2.59 bits per heavy atom. The minimum atomic E-state index is -0.170. The summed E-state index contributed by atoms with van der Waals surface area (Å²) in [5, 5.41) is 2.93. The first-order chi connectivity index (χ1) is 13.1. The van der Waals surface area contributed by atoms with Crippen molar-refractivity contribution in [2.45, 2.75) is 33.6 Å². The van der Waals surface area contributed by atoms with Crippen molar-refractivity contribution < 1.29 is 9.53 Å². The van der Waals surface area contributed by atoms with Gasteiger partial charge in [-0.25, -0.2) is 0 Å². The number of carbonyl (C=O) groups excluding carboxylic acids is 1. The molecule has 0 saturated carbocycles. The van der Waals surface area contributed by atoms with Gasteiger partial charge in [-0.05, 0) is 56.2 Å². The molecule has 1 heterocycles. The Balaban J connectivity index is 1.74. The highest BCUT2D eigenvalue weighted by molar-refractivity contribution is 6.05. The molecule has 0 bridgehead atoms. The fourth-order valence-corrected chi connectivity index (χ4v) is 2.88. The highest BCUT2D eigenvalue weighted by Gasteiger charge is 2.11. The topological polar surface area (TPSA) is 51.2 Å². The van der Waals surface area contributed by atoms with Gasteiger partial charge in [-0.2, -0.15) is 0 Å². The van der Waals surface area contributed by atoms with Crippen molar-refractivity contribution in [1.82, 2.24) is 4.98 Å². The average Bonchev–Trinajstić information content (AvgIpc) is 2.64. The van der Waals surface area contributed by atoms with Crippen LogP contribution in [0.25, 0.3) is 0 Å². The lowest BCUT2D eigenvalue weighted by atomic mass is 10.1. The van der Waals surface area contributed by atoms with Crippen LogP contribution in [0.1, 0.15) is 40.7 Å². The monoisotopic (exact) mass is 360 g/mol. The van der Waals surface area contributed by atoms with Gasteiger partial charge in [0.1, 0.15) is 11.5 Å². The summed E-state index contributed by atoms with van der Waals surface area (Å²) in [6, 6.07) is 19.0. The number of para-hydroxylation sites is 1. The van der Waals surface area contributed by atoms with Crippen molar-refractivity contribution in [2.75, 3.05) is 5.32 Å². The van der Waals surface area contributed by atoms with Crippen LogP contribution in [0.15, 0.2) is 60.7 Å². The summed E-state index contributed by atoms with van der Waals surface area (Å²) in [5.41, 5.74) is 4.08. The summed E-state index contributed by atoms with van der Waals surface area (Å²) in [5.74, 6) is 1.30. The normalized spacial score (nSPS) is 10.5.